The molecule has 6 nitrogen and oxygen atoms in total. The van der Waals surface area contributed by atoms with Gasteiger partial charge in [-0.1, -0.05) is 29.8 Å². The Morgan fingerprint density at radius 1 is 0.750 bits per heavy atom. The molecule has 0 spiro atoms. The van der Waals surface area contributed by atoms with E-state index in [-0.39, 0.29) is 30.4 Å². The minimum atomic E-state index is 0.0148. The van der Waals surface area contributed by atoms with Crippen LogP contribution in [-0.4, -0.2) is 78.1 Å². The molecule has 28 heavy (non-hydrogen) atoms. The van der Waals surface area contributed by atoms with Crippen LogP contribution in [0.3, 0.4) is 0 Å². The highest BCUT2D eigenvalue weighted by atomic mass is 16.2. The Morgan fingerprint density at radius 2 is 1.39 bits per heavy atom. The Bertz CT molecular complexity index is 695. The van der Waals surface area contributed by atoms with E-state index in [1.54, 1.807) is 0 Å². The van der Waals surface area contributed by atoms with E-state index in [4.69, 9.17) is 0 Å². The normalized spacial score (nSPS) is 18.2. The Morgan fingerprint density at radius 3 is 2.11 bits per heavy atom. The van der Waals surface area contributed by atoms with Crippen LogP contribution in [0.5, 0.6) is 0 Å². The third-order valence-electron chi connectivity index (χ3n) is 5.70. The lowest BCUT2D eigenvalue weighted by Crippen LogP contribution is -2.41. The lowest BCUT2D eigenvalue weighted by molar-refractivity contribution is -0.131. The monoisotopic (exact) mass is 385 g/mol. The maximum absolute atomic E-state index is 12.6. The Hall–Kier alpha value is -2.21. The molecule has 0 radical (unpaired) electrons. The topological polar surface area (TPSA) is 60.9 Å². The molecule has 0 saturated carbocycles. The van der Waals surface area contributed by atoms with Gasteiger partial charge >= 0.3 is 0 Å². The molecule has 0 unspecified atom stereocenters. The van der Waals surface area contributed by atoms with Gasteiger partial charge in [-0.25, -0.2) is 0 Å². The largest absolute Gasteiger partial charge is 0.342 e. The molecular weight excluding hydrogens is 354 g/mol. The Labute approximate surface area is 167 Å². The van der Waals surface area contributed by atoms with Crippen LogP contribution in [0.25, 0.3) is 0 Å². The summed E-state index contributed by atoms with van der Waals surface area (Å²) in [5.74, 6) is 0.259. The lowest BCUT2D eigenvalue weighted by atomic mass is 10.0. The van der Waals surface area contributed by atoms with E-state index >= 15 is 0 Å². The number of likely N-dealkylation sites (tertiary alicyclic amines) is 1. The zero-order chi connectivity index (χ0) is 19.9. The summed E-state index contributed by atoms with van der Waals surface area (Å²) < 4.78 is 0. The van der Waals surface area contributed by atoms with Gasteiger partial charge in [-0.15, -0.1) is 0 Å². The van der Waals surface area contributed by atoms with Gasteiger partial charge in [0.1, 0.15) is 0 Å². The fourth-order valence-corrected chi connectivity index (χ4v) is 3.90. The molecule has 0 bridgehead atoms. The number of carbonyl (C=O) groups is 3. The smallest absolute Gasteiger partial charge is 0.236 e. The van der Waals surface area contributed by atoms with Crippen LogP contribution in [0.15, 0.2) is 24.3 Å². The summed E-state index contributed by atoms with van der Waals surface area (Å²) in [7, 11) is 0. The SMILES string of the molecule is Cc1ccc(C(=O)CCC(=O)N2CCCN(CC(=O)N3CCCC3)CC2)cc1. The molecule has 2 heterocycles. The predicted molar refractivity (Wildman–Crippen MR) is 108 cm³/mol. The summed E-state index contributed by atoms with van der Waals surface area (Å²) in [6.07, 6.45) is 3.57. The zero-order valence-electron chi connectivity index (χ0n) is 16.9. The van der Waals surface area contributed by atoms with Gasteiger partial charge in [0.05, 0.1) is 6.54 Å². The number of hydrogen-bond donors (Lipinski definition) is 0. The van der Waals surface area contributed by atoms with Crippen molar-refractivity contribution in [2.24, 2.45) is 0 Å². The van der Waals surface area contributed by atoms with Gasteiger partial charge in [0.25, 0.3) is 0 Å². The van der Waals surface area contributed by atoms with Crippen LogP contribution in [0.1, 0.15) is 48.0 Å². The van der Waals surface area contributed by atoms with Gasteiger partial charge < -0.3 is 9.80 Å². The average molecular weight is 386 g/mol. The molecule has 2 aliphatic heterocycles. The number of ketones is 1. The molecule has 6 heteroatoms. The van der Waals surface area contributed by atoms with E-state index < -0.39 is 0 Å². The number of carbonyl (C=O) groups excluding carboxylic acids is 3. The zero-order valence-corrected chi connectivity index (χ0v) is 16.9. The van der Waals surface area contributed by atoms with Crippen LogP contribution >= 0.6 is 0 Å². The molecule has 0 N–H and O–H groups in total. The Balaban J connectivity index is 1.42. The van der Waals surface area contributed by atoms with Crippen molar-refractivity contribution in [1.82, 2.24) is 14.7 Å². The molecule has 152 valence electrons. The minimum absolute atomic E-state index is 0.0148. The molecule has 2 saturated heterocycles. The number of hydrogen-bond acceptors (Lipinski definition) is 4. The summed E-state index contributed by atoms with van der Waals surface area (Å²) in [5.41, 5.74) is 1.78. The van der Waals surface area contributed by atoms with Crippen LogP contribution in [-0.2, 0) is 9.59 Å². The third-order valence-corrected chi connectivity index (χ3v) is 5.70. The molecule has 2 amide bonds. The maximum Gasteiger partial charge on any atom is 0.236 e. The first kappa shape index (κ1) is 20.5. The Kier molecular flexibility index (Phi) is 7.20. The highest BCUT2D eigenvalue weighted by molar-refractivity contribution is 5.98. The maximum atomic E-state index is 12.6. The van der Waals surface area contributed by atoms with Gasteiger partial charge in [0.15, 0.2) is 5.78 Å². The molecule has 0 atom stereocenters. The average Bonchev–Trinajstić information content (AvgIpc) is 3.14. The van der Waals surface area contributed by atoms with Crippen molar-refractivity contribution < 1.29 is 14.4 Å². The number of aryl methyl sites for hydroxylation is 1. The van der Waals surface area contributed by atoms with Gasteiger partial charge in [-0.3, -0.25) is 19.3 Å². The highest BCUT2D eigenvalue weighted by Crippen LogP contribution is 2.12. The molecule has 1 aromatic rings. The van der Waals surface area contributed by atoms with Crippen molar-refractivity contribution in [3.05, 3.63) is 35.4 Å². The highest BCUT2D eigenvalue weighted by Gasteiger charge is 2.24. The number of rotatable bonds is 6. The molecular formula is C22H31N3O3. The summed E-state index contributed by atoms with van der Waals surface area (Å²) in [6, 6.07) is 7.48. The van der Waals surface area contributed by atoms with Crippen molar-refractivity contribution in [3.8, 4) is 0 Å². The molecule has 1 aromatic carbocycles. The number of nitrogens with zero attached hydrogens (tertiary/aromatic N) is 3. The lowest BCUT2D eigenvalue weighted by Gasteiger charge is -2.24. The van der Waals surface area contributed by atoms with Gasteiger partial charge in [-0.05, 0) is 26.2 Å². The van der Waals surface area contributed by atoms with Crippen molar-refractivity contribution in [3.63, 3.8) is 0 Å². The summed E-state index contributed by atoms with van der Waals surface area (Å²) in [4.78, 5) is 43.1. The third kappa shape index (κ3) is 5.64. The number of benzene rings is 1. The van der Waals surface area contributed by atoms with Crippen LogP contribution in [0, 0.1) is 6.92 Å². The predicted octanol–water partition coefficient (Wildman–Crippen LogP) is 2.11. The second-order valence-electron chi connectivity index (χ2n) is 7.89. The van der Waals surface area contributed by atoms with E-state index in [0.717, 1.165) is 51.0 Å². The van der Waals surface area contributed by atoms with E-state index in [1.165, 1.54) is 0 Å². The molecule has 2 fully saturated rings. The molecule has 2 aliphatic rings. The van der Waals surface area contributed by atoms with Crippen molar-refractivity contribution in [1.29, 1.82) is 0 Å². The minimum Gasteiger partial charge on any atom is -0.342 e. The van der Waals surface area contributed by atoms with Crippen molar-refractivity contribution in [2.45, 2.75) is 39.0 Å². The summed E-state index contributed by atoms with van der Waals surface area (Å²) in [6.45, 7) is 7.09. The van der Waals surface area contributed by atoms with Crippen LogP contribution in [0.4, 0.5) is 0 Å². The van der Waals surface area contributed by atoms with Crippen LogP contribution in [0.2, 0.25) is 0 Å². The summed E-state index contributed by atoms with van der Waals surface area (Å²) >= 11 is 0. The van der Waals surface area contributed by atoms with Gasteiger partial charge in [0, 0.05) is 57.7 Å². The quantitative estimate of drug-likeness (QED) is 0.704. The van der Waals surface area contributed by atoms with Gasteiger partial charge in [0.2, 0.25) is 11.8 Å². The fourth-order valence-electron chi connectivity index (χ4n) is 3.90. The van der Waals surface area contributed by atoms with Crippen molar-refractivity contribution in [2.75, 3.05) is 45.8 Å². The van der Waals surface area contributed by atoms with E-state index in [2.05, 4.69) is 4.90 Å². The van der Waals surface area contributed by atoms with E-state index in [1.807, 2.05) is 41.0 Å². The first-order valence-corrected chi connectivity index (χ1v) is 10.4. The van der Waals surface area contributed by atoms with E-state index in [9.17, 15) is 14.4 Å². The van der Waals surface area contributed by atoms with Crippen LogP contribution < -0.4 is 0 Å². The molecule has 0 aromatic heterocycles. The second kappa shape index (κ2) is 9.82. The standard InChI is InChI=1S/C22H31N3O3/c1-18-5-7-19(8-6-18)20(26)9-10-21(27)25-14-4-11-23(15-16-25)17-22(28)24-12-2-3-13-24/h5-8H,2-4,9-17H2,1H3. The second-order valence-corrected chi connectivity index (χ2v) is 7.89. The van der Waals surface area contributed by atoms with Crippen molar-refractivity contribution >= 4 is 17.6 Å². The van der Waals surface area contributed by atoms with Gasteiger partial charge in [-0.2, -0.15) is 0 Å². The molecule has 0 aliphatic carbocycles. The molecule has 3 rings (SSSR count). The summed E-state index contributed by atoms with van der Waals surface area (Å²) in [5, 5.41) is 0. The first-order chi connectivity index (χ1) is 13.5. The fraction of sp³-hybridized carbons (Fsp3) is 0.591. The van der Waals surface area contributed by atoms with E-state index in [0.29, 0.717) is 25.2 Å². The number of amides is 2. The first-order valence-electron chi connectivity index (χ1n) is 10.4. The number of Topliss-reactive ketones (excluding diaryl/α,β-unsaturated/α-hetero) is 1.